The summed E-state index contributed by atoms with van der Waals surface area (Å²) >= 11 is 0. The molecule has 170 valence electrons. The van der Waals surface area contributed by atoms with E-state index in [4.69, 9.17) is 14.3 Å². The predicted molar refractivity (Wildman–Crippen MR) is 118 cm³/mol. The van der Waals surface area contributed by atoms with Gasteiger partial charge in [-0.05, 0) is 42.8 Å². The van der Waals surface area contributed by atoms with Gasteiger partial charge in [-0.25, -0.2) is 13.8 Å². The highest BCUT2D eigenvalue weighted by Gasteiger charge is 2.47. The number of aromatic nitrogens is 2. The first-order valence-electron chi connectivity index (χ1n) is 10.4. The van der Waals surface area contributed by atoms with Crippen molar-refractivity contribution in [3.8, 4) is 11.4 Å². The Labute approximate surface area is 189 Å². The second-order valence-corrected chi connectivity index (χ2v) is 8.01. The number of ether oxygens (including phenoxy) is 2. The summed E-state index contributed by atoms with van der Waals surface area (Å²) in [6.07, 6.45) is 5.48. The number of rotatable bonds is 4. The van der Waals surface area contributed by atoms with E-state index in [1.165, 1.54) is 12.1 Å². The van der Waals surface area contributed by atoms with Gasteiger partial charge in [0, 0.05) is 24.8 Å². The number of nitrogens with zero attached hydrogens (tertiary/aromatic N) is 4. The molecule has 1 unspecified atom stereocenters. The molecular weight excluding hydrogens is 430 g/mol. The number of halogens is 2. The fraction of sp³-hybridized carbons (Fsp3) is 0.250. The van der Waals surface area contributed by atoms with Crippen molar-refractivity contribution in [1.29, 1.82) is 0 Å². The number of oxime groups is 1. The van der Waals surface area contributed by atoms with E-state index in [2.05, 4.69) is 10.1 Å². The molecule has 0 amide bonds. The van der Waals surface area contributed by atoms with E-state index in [0.29, 0.717) is 36.1 Å². The number of methoxy groups -OCH3 is 1. The number of hydrogen-bond acceptors (Lipinski definition) is 6. The summed E-state index contributed by atoms with van der Waals surface area (Å²) in [7, 11) is 1.61. The van der Waals surface area contributed by atoms with E-state index in [-0.39, 0.29) is 0 Å². The fourth-order valence-corrected chi connectivity index (χ4v) is 4.08. The Balaban J connectivity index is 1.47. The lowest BCUT2D eigenvalue weighted by Crippen LogP contribution is -2.49. The summed E-state index contributed by atoms with van der Waals surface area (Å²) in [4.78, 5) is 11.8. The first-order chi connectivity index (χ1) is 15.9. The van der Waals surface area contributed by atoms with Crippen molar-refractivity contribution < 1.29 is 23.1 Å². The molecule has 2 aliphatic rings. The summed E-state index contributed by atoms with van der Waals surface area (Å²) in [5.41, 5.74) is 1.77. The van der Waals surface area contributed by atoms with Crippen molar-refractivity contribution in [3.05, 3.63) is 83.1 Å². The van der Waals surface area contributed by atoms with Crippen molar-refractivity contribution in [2.75, 3.05) is 20.3 Å². The lowest BCUT2D eigenvalue weighted by molar-refractivity contribution is -0.0971. The smallest absolute Gasteiger partial charge is 0.234 e. The quantitative estimate of drug-likeness (QED) is 0.589. The van der Waals surface area contributed by atoms with E-state index in [9.17, 15) is 8.78 Å². The molecule has 9 heteroatoms. The molecule has 5 rings (SSSR count). The number of morpholine rings is 1. The highest BCUT2D eigenvalue weighted by molar-refractivity contribution is 6.01. The Morgan fingerprint density at radius 2 is 1.94 bits per heavy atom. The minimum atomic E-state index is -1.15. The monoisotopic (exact) mass is 452 g/mol. The van der Waals surface area contributed by atoms with Crippen LogP contribution in [-0.2, 0) is 15.3 Å². The molecular formula is C24H22F2N4O3. The van der Waals surface area contributed by atoms with Gasteiger partial charge in [0.1, 0.15) is 24.0 Å². The molecule has 7 nitrogen and oxygen atoms in total. The van der Waals surface area contributed by atoms with Gasteiger partial charge in [-0.1, -0.05) is 11.2 Å². The first kappa shape index (κ1) is 21.0. The maximum absolute atomic E-state index is 13.9. The van der Waals surface area contributed by atoms with E-state index in [1.807, 2.05) is 46.9 Å². The summed E-state index contributed by atoms with van der Waals surface area (Å²) in [6.45, 7) is 4.47. The van der Waals surface area contributed by atoms with Crippen LogP contribution in [0, 0.1) is 18.6 Å². The van der Waals surface area contributed by atoms with Gasteiger partial charge in [0.15, 0.2) is 5.76 Å². The van der Waals surface area contributed by atoms with Crippen molar-refractivity contribution in [2.45, 2.75) is 19.6 Å². The van der Waals surface area contributed by atoms with Gasteiger partial charge in [0.25, 0.3) is 0 Å². The summed E-state index contributed by atoms with van der Waals surface area (Å²) < 4.78 is 41.1. The molecule has 1 atom stereocenters. The highest BCUT2D eigenvalue weighted by atomic mass is 19.1. The van der Waals surface area contributed by atoms with Crippen molar-refractivity contribution in [1.82, 2.24) is 14.5 Å². The molecule has 0 N–H and O–H groups in total. The van der Waals surface area contributed by atoms with Crippen LogP contribution >= 0.6 is 0 Å². The van der Waals surface area contributed by atoms with Gasteiger partial charge in [-0.3, -0.25) is 0 Å². The Morgan fingerprint density at radius 3 is 2.64 bits per heavy atom. The second-order valence-electron chi connectivity index (χ2n) is 8.01. The van der Waals surface area contributed by atoms with Gasteiger partial charge in [-0.15, -0.1) is 0 Å². The largest absolute Gasteiger partial charge is 0.495 e. The fourth-order valence-electron chi connectivity index (χ4n) is 4.08. The van der Waals surface area contributed by atoms with Gasteiger partial charge >= 0.3 is 0 Å². The third kappa shape index (κ3) is 3.69. The lowest BCUT2D eigenvalue weighted by Gasteiger charge is -2.37. The van der Waals surface area contributed by atoms with Gasteiger partial charge in [0.05, 0.1) is 31.4 Å². The average Bonchev–Trinajstić information content (AvgIpc) is 3.38. The zero-order chi connectivity index (χ0) is 23.2. The Kier molecular flexibility index (Phi) is 5.03. The number of aryl methyl sites for hydroxylation is 1. The molecule has 0 spiro atoms. The number of amidine groups is 1. The Morgan fingerprint density at radius 1 is 1.15 bits per heavy atom. The summed E-state index contributed by atoms with van der Waals surface area (Å²) in [5.74, 6) is 0.274. The molecule has 0 radical (unpaired) electrons. The maximum Gasteiger partial charge on any atom is 0.234 e. The predicted octanol–water partition coefficient (Wildman–Crippen LogP) is 4.36. The molecule has 3 heterocycles. The SMILES string of the molecule is COc1cc(/C=C2\OCCN3C2=NOC3(C)c2cc(F)cc(F)c2)ccc1-n1cnc(C)c1. The third-order valence-corrected chi connectivity index (χ3v) is 5.76. The molecule has 0 saturated carbocycles. The summed E-state index contributed by atoms with van der Waals surface area (Å²) in [6, 6.07) is 9.08. The van der Waals surface area contributed by atoms with Crippen LogP contribution in [0.3, 0.4) is 0 Å². The molecule has 2 aliphatic heterocycles. The van der Waals surface area contributed by atoms with Crippen LogP contribution in [0.5, 0.6) is 5.75 Å². The molecule has 0 bridgehead atoms. The first-order valence-corrected chi connectivity index (χ1v) is 10.4. The van der Waals surface area contributed by atoms with Crippen LogP contribution in [0.4, 0.5) is 8.78 Å². The minimum absolute atomic E-state index is 0.335. The topological polar surface area (TPSA) is 61.1 Å². The molecule has 1 aromatic heterocycles. The zero-order valence-electron chi connectivity index (χ0n) is 18.4. The number of hydrogen-bond donors (Lipinski definition) is 0. The maximum atomic E-state index is 13.9. The van der Waals surface area contributed by atoms with E-state index in [1.54, 1.807) is 20.4 Å². The molecule has 2 aromatic carbocycles. The van der Waals surface area contributed by atoms with E-state index in [0.717, 1.165) is 23.0 Å². The van der Waals surface area contributed by atoms with E-state index >= 15 is 0 Å². The van der Waals surface area contributed by atoms with Crippen LogP contribution in [0.1, 0.15) is 23.7 Å². The molecule has 33 heavy (non-hydrogen) atoms. The average molecular weight is 452 g/mol. The van der Waals surface area contributed by atoms with Crippen molar-refractivity contribution in [3.63, 3.8) is 0 Å². The number of benzene rings is 2. The molecule has 1 saturated heterocycles. The number of fused-ring (bicyclic) bond motifs is 1. The lowest BCUT2D eigenvalue weighted by atomic mass is 10.0. The standard InChI is InChI=1S/C24H22F2N4O3/c1-15-13-29(14-27-15)20-5-4-16(8-21(20)31-3)9-22-23-28-33-24(2,30(23)6-7-32-22)17-10-18(25)12-19(26)11-17/h4-5,8-14H,6-7H2,1-3H3/b22-9-. The van der Waals surface area contributed by atoms with Crippen LogP contribution in [-0.4, -0.2) is 40.5 Å². The minimum Gasteiger partial charge on any atom is -0.495 e. The van der Waals surface area contributed by atoms with Crippen molar-refractivity contribution in [2.24, 2.45) is 5.16 Å². The van der Waals surface area contributed by atoms with Crippen LogP contribution < -0.4 is 4.74 Å². The van der Waals surface area contributed by atoms with Gasteiger partial charge in [0.2, 0.25) is 11.6 Å². The van der Waals surface area contributed by atoms with E-state index < -0.39 is 17.4 Å². The van der Waals surface area contributed by atoms with Crippen molar-refractivity contribution >= 4 is 11.9 Å². The van der Waals surface area contributed by atoms with Gasteiger partial charge < -0.3 is 23.8 Å². The normalized spacial score (nSPS) is 20.8. The van der Waals surface area contributed by atoms with Gasteiger partial charge in [-0.2, -0.15) is 0 Å². The highest BCUT2D eigenvalue weighted by Crippen LogP contribution is 2.39. The van der Waals surface area contributed by atoms with Crippen LogP contribution in [0.2, 0.25) is 0 Å². The number of imidazole rings is 1. The summed E-state index contributed by atoms with van der Waals surface area (Å²) in [5, 5.41) is 4.20. The molecule has 0 aliphatic carbocycles. The third-order valence-electron chi connectivity index (χ3n) is 5.76. The Bertz CT molecular complexity index is 1270. The second kappa shape index (κ2) is 7.91. The molecule has 1 fully saturated rings. The van der Waals surface area contributed by atoms with Crippen LogP contribution in [0.25, 0.3) is 11.8 Å². The Hall–Kier alpha value is -3.88. The zero-order valence-corrected chi connectivity index (χ0v) is 18.4. The molecule has 3 aromatic rings. The van der Waals surface area contributed by atoms with Crippen LogP contribution in [0.15, 0.2) is 59.8 Å².